The van der Waals surface area contributed by atoms with Crippen LogP contribution < -0.4 is 10.2 Å². The summed E-state index contributed by atoms with van der Waals surface area (Å²) < 4.78 is 7.13. The first-order chi connectivity index (χ1) is 17.0. The highest BCUT2D eigenvalue weighted by atomic mass is 32.2. The zero-order chi connectivity index (χ0) is 24.6. The van der Waals surface area contributed by atoms with Crippen LogP contribution >= 0.6 is 11.8 Å². The molecule has 2 N–H and O–H groups in total. The van der Waals surface area contributed by atoms with Crippen LogP contribution in [-0.2, 0) is 4.79 Å². The van der Waals surface area contributed by atoms with Gasteiger partial charge in [-0.2, -0.15) is 5.10 Å². The number of hydrogen-bond acceptors (Lipinski definition) is 7. The van der Waals surface area contributed by atoms with Gasteiger partial charge < -0.3 is 9.84 Å². The van der Waals surface area contributed by atoms with E-state index >= 15 is 0 Å². The number of amides is 1. The Morgan fingerprint density at radius 1 is 1.03 bits per heavy atom. The Hall–Kier alpha value is -4.44. The number of nitrogens with zero attached hydrogens (tertiary/aromatic N) is 4. The smallest absolute Gasteiger partial charge is 0.335 e. The van der Waals surface area contributed by atoms with Crippen LogP contribution in [0.1, 0.15) is 15.9 Å². The van der Waals surface area contributed by atoms with E-state index in [4.69, 9.17) is 9.84 Å². The zero-order valence-electron chi connectivity index (χ0n) is 18.7. The summed E-state index contributed by atoms with van der Waals surface area (Å²) in [5, 5.41) is 22.1. The van der Waals surface area contributed by atoms with Crippen molar-refractivity contribution in [1.82, 2.24) is 20.2 Å². The standard InChI is InChI=1S/C25H21N5O4S/c1-34-21-13-11-18(12-14-21)23-28-29-25(30(23)20-5-3-2-4-6-20)35-16-22(31)27-26-15-17-7-9-19(10-8-17)24(32)33/h2-15H,16H2,1H3,(H,27,31)(H,32,33)/b26-15-. The van der Waals surface area contributed by atoms with E-state index < -0.39 is 5.97 Å². The summed E-state index contributed by atoms with van der Waals surface area (Å²) in [5.74, 6) is 0.135. The predicted octanol–water partition coefficient (Wildman–Crippen LogP) is 3.88. The third kappa shape index (κ3) is 5.92. The lowest BCUT2D eigenvalue weighted by Crippen LogP contribution is -2.20. The lowest BCUT2D eigenvalue weighted by Gasteiger charge is -2.10. The summed E-state index contributed by atoms with van der Waals surface area (Å²) in [6, 6.07) is 23.3. The first-order valence-electron chi connectivity index (χ1n) is 10.5. The number of aromatic nitrogens is 3. The van der Waals surface area contributed by atoms with Gasteiger partial charge in [-0.05, 0) is 54.1 Å². The predicted molar refractivity (Wildman–Crippen MR) is 133 cm³/mol. The van der Waals surface area contributed by atoms with Crippen LogP contribution in [0.3, 0.4) is 0 Å². The van der Waals surface area contributed by atoms with E-state index in [2.05, 4.69) is 20.7 Å². The number of hydrazone groups is 1. The maximum Gasteiger partial charge on any atom is 0.335 e. The number of carboxylic acids is 1. The minimum atomic E-state index is -1.00. The van der Waals surface area contributed by atoms with Crippen LogP contribution in [0.15, 0.2) is 89.1 Å². The molecule has 0 unspecified atom stereocenters. The molecule has 9 nitrogen and oxygen atoms in total. The van der Waals surface area contributed by atoms with Crippen molar-refractivity contribution in [2.75, 3.05) is 12.9 Å². The van der Waals surface area contributed by atoms with Gasteiger partial charge in [0.05, 0.1) is 24.6 Å². The van der Waals surface area contributed by atoms with E-state index in [1.165, 1.54) is 30.1 Å². The quantitative estimate of drug-likeness (QED) is 0.209. The number of carboxylic acid groups (broad SMARTS) is 1. The molecule has 0 spiro atoms. The molecule has 0 aliphatic heterocycles. The second-order valence-electron chi connectivity index (χ2n) is 7.21. The molecule has 1 amide bonds. The van der Waals surface area contributed by atoms with E-state index in [1.807, 2.05) is 59.2 Å². The number of carbonyl (C=O) groups is 2. The molecule has 10 heteroatoms. The van der Waals surface area contributed by atoms with E-state index in [1.54, 1.807) is 19.2 Å². The molecule has 0 saturated heterocycles. The fourth-order valence-corrected chi connectivity index (χ4v) is 3.90. The topological polar surface area (TPSA) is 119 Å². The molecule has 176 valence electrons. The fourth-order valence-electron chi connectivity index (χ4n) is 3.15. The SMILES string of the molecule is COc1ccc(-c2nnc(SCC(=O)N/N=C\c3ccc(C(=O)O)cc3)n2-c2ccccc2)cc1. The summed E-state index contributed by atoms with van der Waals surface area (Å²) in [6.07, 6.45) is 1.45. The Labute approximate surface area is 205 Å². The van der Waals surface area contributed by atoms with Gasteiger partial charge >= 0.3 is 5.97 Å². The van der Waals surface area contributed by atoms with Crippen molar-refractivity contribution in [1.29, 1.82) is 0 Å². The Kier molecular flexibility index (Phi) is 7.53. The van der Waals surface area contributed by atoms with Crippen molar-refractivity contribution in [2.24, 2.45) is 5.10 Å². The molecule has 0 aliphatic carbocycles. The largest absolute Gasteiger partial charge is 0.497 e. The van der Waals surface area contributed by atoms with Crippen molar-refractivity contribution in [3.8, 4) is 22.8 Å². The number of carbonyl (C=O) groups excluding carboxylic acids is 1. The number of aromatic carboxylic acids is 1. The van der Waals surface area contributed by atoms with Crippen molar-refractivity contribution >= 4 is 29.9 Å². The van der Waals surface area contributed by atoms with Crippen molar-refractivity contribution in [2.45, 2.75) is 5.16 Å². The highest BCUT2D eigenvalue weighted by Gasteiger charge is 2.17. The number of benzene rings is 3. The molecule has 1 heterocycles. The number of ether oxygens (including phenoxy) is 1. The van der Waals surface area contributed by atoms with Gasteiger partial charge in [-0.15, -0.1) is 10.2 Å². The normalized spacial score (nSPS) is 10.9. The molecule has 3 aromatic carbocycles. The number of thioether (sulfide) groups is 1. The Morgan fingerprint density at radius 2 is 1.74 bits per heavy atom. The van der Waals surface area contributed by atoms with Gasteiger partial charge in [0, 0.05) is 11.3 Å². The molecular formula is C25H21N5O4S. The molecule has 0 atom stereocenters. The molecule has 0 fully saturated rings. The van der Waals surface area contributed by atoms with Crippen molar-refractivity contribution < 1.29 is 19.4 Å². The van der Waals surface area contributed by atoms with E-state index in [0.29, 0.717) is 16.5 Å². The molecular weight excluding hydrogens is 466 g/mol. The van der Waals surface area contributed by atoms with Gasteiger partial charge in [-0.1, -0.05) is 42.1 Å². The molecule has 0 saturated carbocycles. The van der Waals surface area contributed by atoms with E-state index in [9.17, 15) is 9.59 Å². The van der Waals surface area contributed by atoms with Crippen molar-refractivity contribution in [3.63, 3.8) is 0 Å². The fraction of sp³-hybridized carbons (Fsp3) is 0.0800. The van der Waals surface area contributed by atoms with Crippen molar-refractivity contribution in [3.05, 3.63) is 90.0 Å². The minimum Gasteiger partial charge on any atom is -0.497 e. The monoisotopic (exact) mass is 487 g/mol. The van der Waals surface area contributed by atoms with Gasteiger partial charge in [-0.3, -0.25) is 9.36 Å². The van der Waals surface area contributed by atoms with Crippen LogP contribution in [0, 0.1) is 0 Å². The molecule has 35 heavy (non-hydrogen) atoms. The summed E-state index contributed by atoms with van der Waals surface area (Å²) in [5.41, 5.74) is 5.04. The maximum absolute atomic E-state index is 12.4. The summed E-state index contributed by atoms with van der Waals surface area (Å²) in [4.78, 5) is 23.3. The zero-order valence-corrected chi connectivity index (χ0v) is 19.5. The summed E-state index contributed by atoms with van der Waals surface area (Å²) in [7, 11) is 1.61. The second-order valence-corrected chi connectivity index (χ2v) is 8.16. The second kappa shape index (κ2) is 11.1. The average Bonchev–Trinajstić information content (AvgIpc) is 3.32. The van der Waals surface area contributed by atoms with Gasteiger partial charge in [0.2, 0.25) is 0 Å². The lowest BCUT2D eigenvalue weighted by molar-refractivity contribution is -0.118. The Balaban J connectivity index is 1.46. The van der Waals surface area contributed by atoms with Crippen LogP contribution in [0.4, 0.5) is 0 Å². The molecule has 4 aromatic rings. The number of hydrogen-bond donors (Lipinski definition) is 2. The minimum absolute atomic E-state index is 0.0723. The maximum atomic E-state index is 12.4. The van der Waals surface area contributed by atoms with Crippen LogP contribution in [0.25, 0.3) is 17.1 Å². The highest BCUT2D eigenvalue weighted by molar-refractivity contribution is 7.99. The number of para-hydroxylation sites is 1. The van der Waals surface area contributed by atoms with Crippen LogP contribution in [0.2, 0.25) is 0 Å². The highest BCUT2D eigenvalue weighted by Crippen LogP contribution is 2.28. The number of methoxy groups -OCH3 is 1. The van der Waals surface area contributed by atoms with Crippen LogP contribution in [0.5, 0.6) is 5.75 Å². The third-order valence-corrected chi connectivity index (χ3v) is 5.82. The van der Waals surface area contributed by atoms with E-state index in [0.717, 1.165) is 17.0 Å². The Bertz CT molecular complexity index is 1340. The van der Waals surface area contributed by atoms with Gasteiger partial charge in [0.1, 0.15) is 5.75 Å². The Morgan fingerprint density at radius 3 is 2.40 bits per heavy atom. The lowest BCUT2D eigenvalue weighted by atomic mass is 10.1. The van der Waals surface area contributed by atoms with Gasteiger partial charge in [0.15, 0.2) is 11.0 Å². The third-order valence-electron chi connectivity index (χ3n) is 4.89. The number of nitrogens with one attached hydrogen (secondary N) is 1. The molecule has 4 rings (SSSR count). The molecule has 1 aromatic heterocycles. The average molecular weight is 488 g/mol. The van der Waals surface area contributed by atoms with E-state index in [-0.39, 0.29) is 17.2 Å². The molecule has 0 radical (unpaired) electrons. The number of rotatable bonds is 9. The summed E-state index contributed by atoms with van der Waals surface area (Å²) >= 11 is 1.24. The summed E-state index contributed by atoms with van der Waals surface area (Å²) in [6.45, 7) is 0. The van der Waals surface area contributed by atoms with Gasteiger partial charge in [-0.25, -0.2) is 10.2 Å². The first kappa shape index (κ1) is 23.7. The van der Waals surface area contributed by atoms with Gasteiger partial charge in [0.25, 0.3) is 5.91 Å². The molecule has 0 bridgehead atoms. The first-order valence-corrected chi connectivity index (χ1v) is 11.5. The molecule has 0 aliphatic rings. The van der Waals surface area contributed by atoms with Crippen LogP contribution in [-0.4, -0.2) is 50.8 Å².